The van der Waals surface area contributed by atoms with Gasteiger partial charge in [0.25, 0.3) is 5.91 Å². The van der Waals surface area contributed by atoms with Gasteiger partial charge < -0.3 is 14.9 Å². The number of thioether (sulfide) groups is 1. The highest BCUT2D eigenvalue weighted by molar-refractivity contribution is 7.99. The first-order valence-corrected chi connectivity index (χ1v) is 10.6. The molecule has 1 N–H and O–H groups in total. The van der Waals surface area contributed by atoms with Gasteiger partial charge in [-0.1, -0.05) is 22.7 Å². The Morgan fingerprint density at radius 2 is 2.17 bits per heavy atom. The van der Waals surface area contributed by atoms with E-state index in [1.807, 2.05) is 20.8 Å². The average Bonchev–Trinajstić information content (AvgIpc) is 2.69. The normalized spacial score (nSPS) is 12.9. The van der Waals surface area contributed by atoms with E-state index in [0.717, 1.165) is 5.39 Å². The molecule has 0 spiro atoms. The quantitative estimate of drug-likeness (QED) is 0.291. The molecule has 1 aromatic heterocycles. The number of aromatic nitrogens is 1. The number of halogens is 1. The van der Waals surface area contributed by atoms with Gasteiger partial charge in [0.2, 0.25) is 5.44 Å². The molecule has 0 aliphatic rings. The molecule has 2 aromatic rings. The SMILES string of the molecule is C#Cc1cnc2c(Cl)cc(OC(SC)C(=O)NC(C)(C)C(C)=NOCC)cc2c1. The van der Waals surface area contributed by atoms with Gasteiger partial charge in [-0.2, -0.15) is 0 Å². The largest absolute Gasteiger partial charge is 0.470 e. The maximum Gasteiger partial charge on any atom is 0.272 e. The van der Waals surface area contributed by atoms with Crippen LogP contribution in [0.1, 0.15) is 33.3 Å². The Morgan fingerprint density at radius 1 is 1.45 bits per heavy atom. The van der Waals surface area contributed by atoms with Crippen LogP contribution in [-0.4, -0.2) is 40.4 Å². The number of pyridine rings is 1. The lowest BCUT2D eigenvalue weighted by atomic mass is 10.00. The maximum absolute atomic E-state index is 12.8. The Labute approximate surface area is 180 Å². The second-order valence-corrected chi connectivity index (χ2v) is 8.05. The van der Waals surface area contributed by atoms with Gasteiger partial charge in [-0.05, 0) is 46.1 Å². The molecule has 1 heterocycles. The molecule has 0 saturated heterocycles. The third kappa shape index (κ3) is 5.78. The Hall–Kier alpha value is -2.43. The molecule has 1 atom stereocenters. The minimum Gasteiger partial charge on any atom is -0.470 e. The smallest absolute Gasteiger partial charge is 0.272 e. The number of rotatable bonds is 8. The van der Waals surface area contributed by atoms with Crippen LogP contribution in [0.5, 0.6) is 5.75 Å². The number of hydrogen-bond donors (Lipinski definition) is 1. The number of terminal acetylenes is 1. The summed E-state index contributed by atoms with van der Waals surface area (Å²) in [6.07, 6.45) is 8.82. The zero-order valence-corrected chi connectivity index (χ0v) is 18.6. The number of carbonyl (C=O) groups excluding carboxylic acids is 1. The summed E-state index contributed by atoms with van der Waals surface area (Å²) in [4.78, 5) is 22.2. The molecule has 0 fully saturated rings. The highest BCUT2D eigenvalue weighted by Gasteiger charge is 2.29. The van der Waals surface area contributed by atoms with Crippen LogP contribution >= 0.6 is 23.4 Å². The number of nitrogens with zero attached hydrogens (tertiary/aromatic N) is 2. The summed E-state index contributed by atoms with van der Waals surface area (Å²) in [5.74, 6) is 2.70. The van der Waals surface area contributed by atoms with Crippen LogP contribution in [0.25, 0.3) is 10.9 Å². The van der Waals surface area contributed by atoms with Crippen molar-refractivity contribution in [3.8, 4) is 18.1 Å². The van der Waals surface area contributed by atoms with E-state index in [2.05, 4.69) is 21.4 Å². The van der Waals surface area contributed by atoms with Gasteiger partial charge in [0, 0.05) is 23.2 Å². The van der Waals surface area contributed by atoms with Crippen molar-refractivity contribution in [2.24, 2.45) is 5.16 Å². The van der Waals surface area contributed by atoms with Crippen molar-refractivity contribution >= 4 is 45.9 Å². The molecule has 0 bridgehead atoms. The molecular formula is C21H24ClN3O3S. The molecular weight excluding hydrogens is 410 g/mol. The van der Waals surface area contributed by atoms with Crippen LogP contribution < -0.4 is 10.1 Å². The van der Waals surface area contributed by atoms with Crippen molar-refractivity contribution in [1.82, 2.24) is 10.3 Å². The van der Waals surface area contributed by atoms with Crippen LogP contribution in [-0.2, 0) is 9.63 Å². The van der Waals surface area contributed by atoms with Crippen LogP contribution in [0.15, 0.2) is 29.6 Å². The van der Waals surface area contributed by atoms with Crippen molar-refractivity contribution in [3.05, 3.63) is 35.0 Å². The third-order valence-corrected chi connectivity index (χ3v) is 5.25. The number of amides is 1. The average molecular weight is 434 g/mol. The summed E-state index contributed by atoms with van der Waals surface area (Å²) in [5, 5.41) is 8.11. The molecule has 0 aliphatic carbocycles. The molecule has 0 radical (unpaired) electrons. The van der Waals surface area contributed by atoms with Gasteiger partial charge in [0.1, 0.15) is 12.4 Å². The summed E-state index contributed by atoms with van der Waals surface area (Å²) in [7, 11) is 0. The second-order valence-electron chi connectivity index (χ2n) is 6.74. The predicted molar refractivity (Wildman–Crippen MR) is 120 cm³/mol. The highest BCUT2D eigenvalue weighted by atomic mass is 35.5. The molecule has 0 aliphatic heterocycles. The van der Waals surface area contributed by atoms with Crippen molar-refractivity contribution in [1.29, 1.82) is 0 Å². The minimum absolute atomic E-state index is 0.291. The second kappa shape index (κ2) is 9.86. The molecule has 0 saturated carbocycles. The van der Waals surface area contributed by atoms with E-state index in [9.17, 15) is 4.79 Å². The summed E-state index contributed by atoms with van der Waals surface area (Å²) < 4.78 is 5.91. The van der Waals surface area contributed by atoms with Crippen molar-refractivity contribution in [3.63, 3.8) is 0 Å². The lowest BCUT2D eigenvalue weighted by Gasteiger charge is -2.28. The molecule has 1 amide bonds. The van der Waals surface area contributed by atoms with Crippen molar-refractivity contribution < 1.29 is 14.4 Å². The first-order chi connectivity index (χ1) is 13.7. The van der Waals surface area contributed by atoms with E-state index in [-0.39, 0.29) is 5.91 Å². The first kappa shape index (κ1) is 22.9. The number of carbonyl (C=O) groups is 1. The van der Waals surface area contributed by atoms with Gasteiger partial charge in [-0.15, -0.1) is 18.2 Å². The summed E-state index contributed by atoms with van der Waals surface area (Å²) >= 11 is 7.59. The van der Waals surface area contributed by atoms with E-state index in [1.54, 1.807) is 37.6 Å². The van der Waals surface area contributed by atoms with Crippen LogP contribution in [0.2, 0.25) is 5.02 Å². The highest BCUT2D eigenvalue weighted by Crippen LogP contribution is 2.30. The number of ether oxygens (including phenoxy) is 1. The van der Waals surface area contributed by atoms with Crippen LogP contribution in [0, 0.1) is 12.3 Å². The van der Waals surface area contributed by atoms with E-state index >= 15 is 0 Å². The summed E-state index contributed by atoms with van der Waals surface area (Å²) in [6, 6.07) is 5.19. The van der Waals surface area contributed by atoms with Gasteiger partial charge in [-0.25, -0.2) is 0 Å². The molecule has 8 heteroatoms. The minimum atomic E-state index is -0.786. The Balaban J connectivity index is 2.22. The zero-order valence-electron chi connectivity index (χ0n) is 17.1. The Bertz CT molecular complexity index is 970. The fourth-order valence-electron chi connectivity index (χ4n) is 2.39. The standard InChI is InChI=1S/C21H24ClN3O3S/c1-7-14-9-15-10-16(11-17(22)18(15)23-12-14)28-20(29-6)19(26)24-21(4,5)13(3)25-27-8-2/h1,9-12,20H,8H2,2-6H3,(H,24,26). The van der Waals surface area contributed by atoms with Gasteiger partial charge in [0.15, 0.2) is 0 Å². The molecule has 1 unspecified atom stereocenters. The monoisotopic (exact) mass is 433 g/mol. The molecule has 154 valence electrons. The summed E-state index contributed by atoms with van der Waals surface area (Å²) in [6.45, 7) is 7.79. The fourth-order valence-corrected chi connectivity index (χ4v) is 3.14. The lowest BCUT2D eigenvalue weighted by Crippen LogP contribution is -2.52. The fraction of sp³-hybridized carbons (Fsp3) is 0.381. The molecule has 6 nitrogen and oxygen atoms in total. The summed E-state index contributed by atoms with van der Waals surface area (Å²) in [5.41, 5.74) is 0.416. The number of benzene rings is 1. The third-order valence-electron chi connectivity index (χ3n) is 4.22. The number of nitrogens with one attached hydrogen (secondary N) is 1. The topological polar surface area (TPSA) is 72.8 Å². The van der Waals surface area contributed by atoms with E-state index < -0.39 is 11.0 Å². The van der Waals surface area contributed by atoms with Gasteiger partial charge >= 0.3 is 0 Å². The number of hydrogen-bond acceptors (Lipinski definition) is 6. The molecule has 29 heavy (non-hydrogen) atoms. The number of fused-ring (bicyclic) bond motifs is 1. The maximum atomic E-state index is 12.8. The van der Waals surface area contributed by atoms with Gasteiger partial charge in [0.05, 0.1) is 21.8 Å². The Morgan fingerprint density at radius 3 is 2.79 bits per heavy atom. The van der Waals surface area contributed by atoms with E-state index in [4.69, 9.17) is 27.6 Å². The Kier molecular flexibility index (Phi) is 7.77. The van der Waals surface area contributed by atoms with Crippen LogP contribution in [0.4, 0.5) is 0 Å². The van der Waals surface area contributed by atoms with Crippen LogP contribution in [0.3, 0.4) is 0 Å². The lowest BCUT2D eigenvalue weighted by molar-refractivity contribution is -0.125. The number of oxime groups is 1. The predicted octanol–water partition coefficient (Wildman–Crippen LogP) is 4.24. The molecule has 1 aromatic carbocycles. The van der Waals surface area contributed by atoms with Gasteiger partial charge in [-0.3, -0.25) is 9.78 Å². The van der Waals surface area contributed by atoms with E-state index in [0.29, 0.717) is 34.2 Å². The van der Waals surface area contributed by atoms with Crippen molar-refractivity contribution in [2.75, 3.05) is 12.9 Å². The molecule has 2 rings (SSSR count). The zero-order chi connectivity index (χ0) is 21.6. The van der Waals surface area contributed by atoms with Crippen molar-refractivity contribution in [2.45, 2.75) is 38.7 Å². The van der Waals surface area contributed by atoms with E-state index in [1.165, 1.54) is 11.8 Å². The first-order valence-electron chi connectivity index (χ1n) is 8.96.